The molecule has 29 heavy (non-hydrogen) atoms. The summed E-state index contributed by atoms with van der Waals surface area (Å²) in [6.07, 6.45) is 0. The molecule has 0 aliphatic heterocycles. The third-order valence-electron chi connectivity index (χ3n) is 4.04. The number of hydrogen-bond acceptors (Lipinski definition) is 4. The van der Waals surface area contributed by atoms with E-state index in [-0.39, 0.29) is 10.5 Å². The molecular formula is C21H19ClN2O4S. The van der Waals surface area contributed by atoms with Gasteiger partial charge in [0.2, 0.25) is 10.0 Å². The predicted molar refractivity (Wildman–Crippen MR) is 113 cm³/mol. The van der Waals surface area contributed by atoms with Crippen LogP contribution < -0.4 is 10.1 Å². The van der Waals surface area contributed by atoms with Gasteiger partial charge in [0.25, 0.3) is 5.91 Å². The zero-order valence-electron chi connectivity index (χ0n) is 15.8. The van der Waals surface area contributed by atoms with Crippen LogP contribution in [0.3, 0.4) is 0 Å². The number of benzene rings is 3. The molecule has 3 aromatic carbocycles. The number of ether oxygens (including phenoxy) is 1. The van der Waals surface area contributed by atoms with Gasteiger partial charge < -0.3 is 10.1 Å². The van der Waals surface area contributed by atoms with Gasteiger partial charge >= 0.3 is 0 Å². The fourth-order valence-corrected chi connectivity index (χ4v) is 3.63. The number of anilines is 1. The van der Waals surface area contributed by atoms with Gasteiger partial charge in [-0.15, -0.1) is 0 Å². The molecule has 0 unspecified atom stereocenters. The lowest BCUT2D eigenvalue weighted by molar-refractivity contribution is 0.102. The number of nitrogens with one attached hydrogen (secondary N) is 1. The van der Waals surface area contributed by atoms with Crippen LogP contribution in [0.4, 0.5) is 5.69 Å². The van der Waals surface area contributed by atoms with Gasteiger partial charge in [-0.1, -0.05) is 35.9 Å². The molecule has 0 radical (unpaired) electrons. The van der Waals surface area contributed by atoms with Crippen molar-refractivity contribution in [3.63, 3.8) is 0 Å². The maximum absolute atomic E-state index is 12.8. The maximum Gasteiger partial charge on any atom is 0.255 e. The highest BCUT2D eigenvalue weighted by molar-refractivity contribution is 7.89. The van der Waals surface area contributed by atoms with Crippen LogP contribution in [0.25, 0.3) is 0 Å². The molecule has 3 rings (SSSR count). The standard InChI is InChI=1S/C21H19ClN2O4S/c1-24(2)29(26,27)18-10-6-7-15(13-18)21(25)23-19-14-16(22)11-12-20(19)28-17-8-4-3-5-9-17/h3-14H,1-2H3,(H,23,25). The molecule has 0 spiro atoms. The first kappa shape index (κ1) is 20.9. The second kappa shape index (κ2) is 8.65. The summed E-state index contributed by atoms with van der Waals surface area (Å²) in [5.41, 5.74) is 0.561. The average molecular weight is 431 g/mol. The molecule has 0 bridgehead atoms. The van der Waals surface area contributed by atoms with Crippen molar-refractivity contribution in [3.05, 3.63) is 83.4 Å². The Morgan fingerprint density at radius 3 is 2.38 bits per heavy atom. The van der Waals surface area contributed by atoms with E-state index in [4.69, 9.17) is 16.3 Å². The van der Waals surface area contributed by atoms with Gasteiger partial charge in [-0.25, -0.2) is 12.7 Å². The van der Waals surface area contributed by atoms with Crippen LogP contribution >= 0.6 is 11.6 Å². The molecule has 8 heteroatoms. The molecule has 0 aromatic heterocycles. The van der Waals surface area contributed by atoms with Gasteiger partial charge in [0, 0.05) is 24.7 Å². The number of rotatable bonds is 6. The van der Waals surface area contributed by atoms with Crippen molar-refractivity contribution in [1.82, 2.24) is 4.31 Å². The summed E-state index contributed by atoms with van der Waals surface area (Å²) in [6.45, 7) is 0. The number of halogens is 1. The quantitative estimate of drug-likeness (QED) is 0.618. The first-order valence-corrected chi connectivity index (χ1v) is 10.5. The molecule has 3 aromatic rings. The number of hydrogen-bond donors (Lipinski definition) is 1. The summed E-state index contributed by atoms with van der Waals surface area (Å²) >= 11 is 6.08. The van der Waals surface area contributed by atoms with E-state index in [2.05, 4.69) is 5.32 Å². The fourth-order valence-electron chi connectivity index (χ4n) is 2.51. The van der Waals surface area contributed by atoms with Crippen LogP contribution in [-0.2, 0) is 10.0 Å². The molecule has 6 nitrogen and oxygen atoms in total. The Bertz CT molecular complexity index is 1130. The van der Waals surface area contributed by atoms with Crippen molar-refractivity contribution in [1.29, 1.82) is 0 Å². The molecule has 0 saturated heterocycles. The topological polar surface area (TPSA) is 75.7 Å². The summed E-state index contributed by atoms with van der Waals surface area (Å²) in [6, 6.07) is 19.8. The van der Waals surface area contributed by atoms with Crippen LogP contribution in [0.5, 0.6) is 11.5 Å². The molecule has 0 aliphatic carbocycles. The Morgan fingerprint density at radius 1 is 0.966 bits per heavy atom. The maximum atomic E-state index is 12.8. The van der Waals surface area contributed by atoms with Gasteiger partial charge in [-0.05, 0) is 48.5 Å². The molecule has 150 valence electrons. The number of carbonyl (C=O) groups is 1. The first-order chi connectivity index (χ1) is 13.8. The van der Waals surface area contributed by atoms with E-state index in [1.165, 1.54) is 38.4 Å². The number of nitrogens with zero attached hydrogens (tertiary/aromatic N) is 1. The van der Waals surface area contributed by atoms with Crippen molar-refractivity contribution in [3.8, 4) is 11.5 Å². The van der Waals surface area contributed by atoms with Gasteiger partial charge in [0.1, 0.15) is 5.75 Å². The predicted octanol–water partition coefficient (Wildman–Crippen LogP) is 4.63. The summed E-state index contributed by atoms with van der Waals surface area (Å²) in [4.78, 5) is 12.8. The zero-order valence-corrected chi connectivity index (χ0v) is 17.4. The first-order valence-electron chi connectivity index (χ1n) is 8.64. The fraction of sp³-hybridized carbons (Fsp3) is 0.0952. The Labute approximate surface area is 174 Å². The Kier molecular flexibility index (Phi) is 6.22. The minimum Gasteiger partial charge on any atom is -0.455 e. The number of sulfonamides is 1. The summed E-state index contributed by atoms with van der Waals surface area (Å²) in [5.74, 6) is 0.524. The zero-order chi connectivity index (χ0) is 21.0. The molecule has 0 fully saturated rings. The lowest BCUT2D eigenvalue weighted by Gasteiger charge is -2.14. The highest BCUT2D eigenvalue weighted by Crippen LogP contribution is 2.32. The van der Waals surface area contributed by atoms with E-state index in [1.807, 2.05) is 18.2 Å². The van der Waals surface area contributed by atoms with Crippen LogP contribution in [0.2, 0.25) is 5.02 Å². The molecule has 0 heterocycles. The van der Waals surface area contributed by atoms with E-state index < -0.39 is 15.9 Å². The largest absolute Gasteiger partial charge is 0.455 e. The van der Waals surface area contributed by atoms with Gasteiger partial charge in [-0.3, -0.25) is 4.79 Å². The van der Waals surface area contributed by atoms with Gasteiger partial charge in [0.15, 0.2) is 5.75 Å². The normalized spacial score (nSPS) is 11.3. The van der Waals surface area contributed by atoms with Crippen molar-refractivity contribution in [2.45, 2.75) is 4.90 Å². The number of para-hydroxylation sites is 1. The monoisotopic (exact) mass is 430 g/mol. The van der Waals surface area contributed by atoms with Crippen LogP contribution in [0.1, 0.15) is 10.4 Å². The van der Waals surface area contributed by atoms with E-state index >= 15 is 0 Å². The molecule has 1 N–H and O–H groups in total. The highest BCUT2D eigenvalue weighted by Gasteiger charge is 2.19. The molecule has 0 aliphatic rings. The Hall–Kier alpha value is -2.87. The van der Waals surface area contributed by atoms with Crippen molar-refractivity contribution >= 4 is 33.2 Å². The van der Waals surface area contributed by atoms with Crippen molar-refractivity contribution in [2.75, 3.05) is 19.4 Å². The molecular weight excluding hydrogens is 412 g/mol. The Balaban J connectivity index is 1.89. The third-order valence-corrected chi connectivity index (χ3v) is 6.08. The van der Waals surface area contributed by atoms with Crippen LogP contribution in [0, 0.1) is 0 Å². The SMILES string of the molecule is CN(C)S(=O)(=O)c1cccc(C(=O)Nc2cc(Cl)ccc2Oc2ccccc2)c1. The molecule has 0 saturated carbocycles. The van der Waals surface area contributed by atoms with E-state index in [0.717, 1.165) is 4.31 Å². The van der Waals surface area contributed by atoms with E-state index in [0.29, 0.717) is 22.2 Å². The summed E-state index contributed by atoms with van der Waals surface area (Å²) in [5, 5.41) is 3.16. The minimum absolute atomic E-state index is 0.0296. The lowest BCUT2D eigenvalue weighted by atomic mass is 10.2. The highest BCUT2D eigenvalue weighted by atomic mass is 35.5. The molecule has 0 atom stereocenters. The number of carbonyl (C=O) groups excluding carboxylic acids is 1. The van der Waals surface area contributed by atoms with E-state index in [1.54, 1.807) is 30.3 Å². The Morgan fingerprint density at radius 2 is 1.69 bits per heavy atom. The average Bonchev–Trinajstić information content (AvgIpc) is 2.70. The van der Waals surface area contributed by atoms with Crippen molar-refractivity contribution in [2.24, 2.45) is 0 Å². The van der Waals surface area contributed by atoms with Crippen molar-refractivity contribution < 1.29 is 17.9 Å². The lowest BCUT2D eigenvalue weighted by Crippen LogP contribution is -2.22. The van der Waals surface area contributed by atoms with Crippen LogP contribution in [0.15, 0.2) is 77.7 Å². The summed E-state index contributed by atoms with van der Waals surface area (Å²) < 4.78 is 31.6. The van der Waals surface area contributed by atoms with Gasteiger partial charge in [0.05, 0.1) is 10.6 Å². The summed E-state index contributed by atoms with van der Waals surface area (Å²) in [7, 11) is -0.790. The second-order valence-electron chi connectivity index (χ2n) is 6.32. The van der Waals surface area contributed by atoms with Crippen LogP contribution in [-0.4, -0.2) is 32.7 Å². The smallest absolute Gasteiger partial charge is 0.255 e. The second-order valence-corrected chi connectivity index (χ2v) is 8.91. The molecule has 1 amide bonds. The minimum atomic E-state index is -3.65. The van der Waals surface area contributed by atoms with Gasteiger partial charge in [-0.2, -0.15) is 0 Å². The van der Waals surface area contributed by atoms with E-state index in [9.17, 15) is 13.2 Å². The number of amides is 1. The third kappa shape index (κ3) is 4.95.